The second kappa shape index (κ2) is 5.04. The first kappa shape index (κ1) is 15.8. The van der Waals surface area contributed by atoms with Gasteiger partial charge in [-0.05, 0) is 29.2 Å². The highest BCUT2D eigenvalue weighted by Crippen LogP contribution is 2.65. The molecule has 1 unspecified atom stereocenters. The highest BCUT2D eigenvalue weighted by Gasteiger charge is 2.69. The number of methoxy groups -OCH3 is 1. The van der Waals surface area contributed by atoms with E-state index in [0.29, 0.717) is 0 Å². The zero-order valence-electron chi connectivity index (χ0n) is 15.1. The van der Waals surface area contributed by atoms with E-state index in [9.17, 15) is 9.59 Å². The van der Waals surface area contributed by atoms with Crippen LogP contribution in [0.5, 0.6) is 0 Å². The first-order valence-electron chi connectivity index (χ1n) is 9.08. The molecule has 2 aromatic rings. The number of rotatable bonds is 2. The number of hydrogen-bond acceptors (Lipinski definition) is 3. The minimum Gasteiger partial charge on any atom is -0.380 e. The van der Waals surface area contributed by atoms with Crippen LogP contribution in [0.4, 0.5) is 0 Å². The van der Waals surface area contributed by atoms with Gasteiger partial charge in [0.2, 0.25) is 11.8 Å². The van der Waals surface area contributed by atoms with Gasteiger partial charge in [-0.1, -0.05) is 48.5 Å². The van der Waals surface area contributed by atoms with E-state index in [0.717, 1.165) is 22.3 Å². The van der Waals surface area contributed by atoms with E-state index in [1.165, 1.54) is 4.90 Å². The molecule has 3 atom stereocenters. The Hall–Kier alpha value is -2.46. The number of amides is 2. The van der Waals surface area contributed by atoms with Crippen LogP contribution in [0.2, 0.25) is 0 Å². The number of nitrogens with zero attached hydrogens (tertiary/aromatic N) is 1. The Labute approximate surface area is 152 Å². The van der Waals surface area contributed by atoms with Gasteiger partial charge in [0.05, 0.1) is 23.4 Å². The maximum atomic E-state index is 13.2. The topological polar surface area (TPSA) is 46.6 Å². The molecule has 0 spiro atoms. The van der Waals surface area contributed by atoms with E-state index in [4.69, 9.17) is 4.74 Å². The third-order valence-corrected chi connectivity index (χ3v) is 6.90. The Kier molecular flexibility index (Phi) is 3.06. The maximum Gasteiger partial charge on any atom is 0.234 e. The van der Waals surface area contributed by atoms with Crippen molar-refractivity contribution in [1.82, 2.24) is 4.90 Å². The van der Waals surface area contributed by atoms with Gasteiger partial charge < -0.3 is 4.74 Å². The van der Waals surface area contributed by atoms with Crippen LogP contribution in [0.1, 0.15) is 35.1 Å². The lowest BCUT2D eigenvalue weighted by Gasteiger charge is -2.56. The number of carbonyl (C=O) groups is 2. The van der Waals surface area contributed by atoms with E-state index in [1.54, 1.807) is 14.2 Å². The Balaban J connectivity index is 1.95. The smallest absolute Gasteiger partial charge is 0.234 e. The van der Waals surface area contributed by atoms with Crippen molar-refractivity contribution in [2.24, 2.45) is 11.8 Å². The van der Waals surface area contributed by atoms with E-state index in [2.05, 4.69) is 24.3 Å². The summed E-state index contributed by atoms with van der Waals surface area (Å²) in [6, 6.07) is 16.5. The van der Waals surface area contributed by atoms with Gasteiger partial charge in [0, 0.05) is 20.1 Å². The summed E-state index contributed by atoms with van der Waals surface area (Å²) in [4.78, 5) is 27.6. The van der Waals surface area contributed by atoms with Crippen molar-refractivity contribution in [3.63, 3.8) is 0 Å². The molecule has 1 saturated heterocycles. The predicted octanol–water partition coefficient (Wildman–Crippen LogP) is 2.70. The Morgan fingerprint density at radius 3 is 2.04 bits per heavy atom. The SMILES string of the molecule is COC(C)C12c3ccccc3C(c3ccccc31)[C@@H]1C(=O)N(C)C(=O)[C@@H]12. The van der Waals surface area contributed by atoms with Crippen molar-refractivity contribution in [1.29, 1.82) is 0 Å². The first-order valence-corrected chi connectivity index (χ1v) is 9.08. The summed E-state index contributed by atoms with van der Waals surface area (Å²) in [5, 5.41) is 0. The van der Waals surface area contributed by atoms with Crippen LogP contribution in [0.25, 0.3) is 0 Å². The summed E-state index contributed by atoms with van der Waals surface area (Å²) < 4.78 is 5.87. The fourth-order valence-electron chi connectivity index (χ4n) is 5.85. The summed E-state index contributed by atoms with van der Waals surface area (Å²) in [6.45, 7) is 2.02. The molecule has 1 fully saturated rings. The van der Waals surface area contributed by atoms with Crippen LogP contribution in [-0.2, 0) is 19.7 Å². The van der Waals surface area contributed by atoms with Gasteiger partial charge in [-0.2, -0.15) is 0 Å². The van der Waals surface area contributed by atoms with Gasteiger partial charge >= 0.3 is 0 Å². The van der Waals surface area contributed by atoms with Gasteiger partial charge in [0.15, 0.2) is 0 Å². The van der Waals surface area contributed by atoms with Crippen LogP contribution in [-0.4, -0.2) is 37.0 Å². The molecule has 4 aliphatic rings. The number of hydrogen-bond donors (Lipinski definition) is 0. The summed E-state index contributed by atoms with van der Waals surface area (Å²) in [5.41, 5.74) is 3.95. The van der Waals surface area contributed by atoms with Crippen LogP contribution >= 0.6 is 0 Å². The second-order valence-corrected chi connectivity index (χ2v) is 7.64. The minimum atomic E-state index is -0.640. The summed E-state index contributed by atoms with van der Waals surface area (Å²) in [5.74, 6) is -0.987. The largest absolute Gasteiger partial charge is 0.380 e. The van der Waals surface area contributed by atoms with E-state index in [1.807, 2.05) is 31.2 Å². The van der Waals surface area contributed by atoms with Gasteiger partial charge in [0.25, 0.3) is 0 Å². The van der Waals surface area contributed by atoms with Gasteiger partial charge in [0.1, 0.15) is 0 Å². The second-order valence-electron chi connectivity index (χ2n) is 7.64. The molecule has 6 rings (SSSR count). The molecule has 0 radical (unpaired) electrons. The lowest BCUT2D eigenvalue weighted by Crippen LogP contribution is -2.59. The van der Waals surface area contributed by atoms with Crippen LogP contribution in [0.15, 0.2) is 48.5 Å². The normalized spacial score (nSPS) is 32.3. The number of benzene rings is 2. The molecule has 132 valence electrons. The van der Waals surface area contributed by atoms with Crippen molar-refractivity contribution < 1.29 is 14.3 Å². The van der Waals surface area contributed by atoms with Gasteiger partial charge in [-0.15, -0.1) is 0 Å². The molecule has 0 aromatic heterocycles. The van der Waals surface area contributed by atoms with Crippen molar-refractivity contribution >= 4 is 11.8 Å². The number of imide groups is 1. The average Bonchev–Trinajstić information content (AvgIpc) is 2.92. The monoisotopic (exact) mass is 347 g/mol. The third kappa shape index (κ3) is 1.51. The molecule has 4 heteroatoms. The molecule has 4 nitrogen and oxygen atoms in total. The van der Waals surface area contributed by atoms with Gasteiger partial charge in [-0.25, -0.2) is 0 Å². The highest BCUT2D eigenvalue weighted by atomic mass is 16.5. The Morgan fingerprint density at radius 2 is 1.50 bits per heavy atom. The average molecular weight is 347 g/mol. The Bertz CT molecular complexity index is 902. The van der Waals surface area contributed by atoms with Gasteiger partial charge in [-0.3, -0.25) is 14.5 Å². The summed E-state index contributed by atoms with van der Waals surface area (Å²) >= 11 is 0. The quantitative estimate of drug-likeness (QED) is 0.785. The maximum absolute atomic E-state index is 13.2. The van der Waals surface area contributed by atoms with E-state index >= 15 is 0 Å². The van der Waals surface area contributed by atoms with Crippen LogP contribution < -0.4 is 0 Å². The summed E-state index contributed by atoms with van der Waals surface area (Å²) in [7, 11) is 3.30. The zero-order valence-corrected chi connectivity index (χ0v) is 15.1. The molecule has 2 aromatic carbocycles. The predicted molar refractivity (Wildman–Crippen MR) is 96.7 cm³/mol. The molecule has 0 N–H and O–H groups in total. The third-order valence-electron chi connectivity index (χ3n) is 6.90. The first-order chi connectivity index (χ1) is 12.5. The molecule has 26 heavy (non-hydrogen) atoms. The van der Waals surface area contributed by atoms with E-state index in [-0.39, 0.29) is 29.8 Å². The van der Waals surface area contributed by atoms with Crippen molar-refractivity contribution in [3.05, 3.63) is 70.8 Å². The minimum absolute atomic E-state index is 0.0679. The summed E-state index contributed by atoms with van der Waals surface area (Å²) in [6.07, 6.45) is -0.234. The lowest BCUT2D eigenvalue weighted by atomic mass is 9.46. The number of ether oxygens (including phenoxy) is 1. The Morgan fingerprint density at radius 1 is 0.962 bits per heavy atom. The highest BCUT2D eigenvalue weighted by molar-refractivity contribution is 6.08. The molecule has 2 bridgehead atoms. The van der Waals surface area contributed by atoms with Crippen molar-refractivity contribution in [2.75, 3.05) is 14.2 Å². The zero-order chi connectivity index (χ0) is 18.2. The van der Waals surface area contributed by atoms with E-state index < -0.39 is 11.3 Å². The fourth-order valence-corrected chi connectivity index (χ4v) is 5.85. The molecular formula is C22H21NO3. The molecular weight excluding hydrogens is 326 g/mol. The van der Waals surface area contributed by atoms with Crippen LogP contribution in [0, 0.1) is 11.8 Å². The lowest BCUT2D eigenvalue weighted by molar-refractivity contribution is -0.139. The number of carbonyl (C=O) groups excluding carboxylic acids is 2. The standard InChI is InChI=1S/C22H21NO3/c1-12(26-3)22-15-10-6-4-8-13(15)17(14-9-5-7-11-16(14)22)18-19(22)21(25)23(2)20(18)24/h4-12,17-19H,1-3H3/t12?,17?,18-,19+,22?/m0/s1. The fraction of sp³-hybridized carbons (Fsp3) is 0.364. The molecule has 1 heterocycles. The van der Waals surface area contributed by atoms with Crippen molar-refractivity contribution in [3.8, 4) is 0 Å². The molecule has 3 aliphatic carbocycles. The molecule has 1 aliphatic heterocycles. The molecule has 2 amide bonds. The van der Waals surface area contributed by atoms with Crippen molar-refractivity contribution in [2.45, 2.75) is 24.4 Å². The molecule has 0 saturated carbocycles. The van der Waals surface area contributed by atoms with Crippen LogP contribution in [0.3, 0.4) is 0 Å². The number of likely N-dealkylation sites (tertiary alicyclic amines) is 1.